The van der Waals surface area contributed by atoms with Crippen LogP contribution in [0.1, 0.15) is 18.4 Å². The lowest BCUT2D eigenvalue weighted by atomic mass is 10.1. The first kappa shape index (κ1) is 21.5. The molecule has 170 valence electrons. The van der Waals surface area contributed by atoms with Crippen molar-refractivity contribution in [1.82, 2.24) is 24.9 Å². The van der Waals surface area contributed by atoms with Crippen LogP contribution < -0.4 is 15.0 Å². The summed E-state index contributed by atoms with van der Waals surface area (Å²) in [5.41, 5.74) is 1.90. The molecule has 10 heteroatoms. The van der Waals surface area contributed by atoms with Crippen molar-refractivity contribution in [2.24, 2.45) is 0 Å². The van der Waals surface area contributed by atoms with Gasteiger partial charge in [-0.3, -0.25) is 4.98 Å². The Morgan fingerprint density at radius 1 is 1.15 bits per heavy atom. The van der Waals surface area contributed by atoms with Crippen molar-refractivity contribution in [3.63, 3.8) is 0 Å². The highest BCUT2D eigenvalue weighted by Crippen LogP contribution is 2.35. The quantitative estimate of drug-likeness (QED) is 0.463. The van der Waals surface area contributed by atoms with E-state index >= 15 is 0 Å². The fourth-order valence-electron chi connectivity index (χ4n) is 4.03. The van der Waals surface area contributed by atoms with Gasteiger partial charge < -0.3 is 20.1 Å². The molecule has 0 bridgehead atoms. The molecule has 1 aliphatic rings. The topological polar surface area (TPSA) is 133 Å². The van der Waals surface area contributed by atoms with Crippen molar-refractivity contribution < 1.29 is 9.84 Å². The number of aromatic nitrogens is 5. The molecular formula is C24H22N8O2. The van der Waals surface area contributed by atoms with E-state index in [1.54, 1.807) is 44.0 Å². The molecule has 0 saturated carbocycles. The lowest BCUT2D eigenvalue weighted by Crippen LogP contribution is -2.39. The first-order valence-electron chi connectivity index (χ1n) is 10.9. The minimum Gasteiger partial charge on any atom is -0.494 e. The van der Waals surface area contributed by atoms with Crippen molar-refractivity contribution in [2.75, 3.05) is 30.4 Å². The SMILES string of the molecule is COc1cncc2nc(-c3ccnc(Nc4cc(C#N)ccn4)c3)nc(N3CCC[C@H](O)C3)c12. The highest BCUT2D eigenvalue weighted by Gasteiger charge is 2.24. The van der Waals surface area contributed by atoms with Gasteiger partial charge in [0.25, 0.3) is 0 Å². The number of ether oxygens (including phenoxy) is 1. The van der Waals surface area contributed by atoms with Crippen LogP contribution >= 0.6 is 0 Å². The summed E-state index contributed by atoms with van der Waals surface area (Å²) in [5, 5.41) is 23.3. The largest absolute Gasteiger partial charge is 0.494 e. The predicted octanol–water partition coefficient (Wildman–Crippen LogP) is 3.07. The second-order valence-electron chi connectivity index (χ2n) is 7.95. The Kier molecular flexibility index (Phi) is 5.84. The van der Waals surface area contributed by atoms with Crippen molar-refractivity contribution in [3.8, 4) is 23.2 Å². The van der Waals surface area contributed by atoms with E-state index in [1.165, 1.54) is 0 Å². The molecule has 0 radical (unpaired) electrons. The number of hydrogen-bond donors (Lipinski definition) is 2. The Morgan fingerprint density at radius 3 is 2.76 bits per heavy atom. The molecule has 1 aliphatic heterocycles. The first-order chi connectivity index (χ1) is 16.6. The smallest absolute Gasteiger partial charge is 0.162 e. The normalized spacial score (nSPS) is 15.7. The molecule has 0 amide bonds. The molecular weight excluding hydrogens is 432 g/mol. The molecule has 0 unspecified atom stereocenters. The number of nitrogens with zero attached hydrogens (tertiary/aromatic N) is 7. The maximum atomic E-state index is 10.3. The number of nitrogens with one attached hydrogen (secondary N) is 1. The minimum absolute atomic E-state index is 0.413. The molecule has 5 rings (SSSR count). The maximum absolute atomic E-state index is 10.3. The summed E-state index contributed by atoms with van der Waals surface area (Å²) >= 11 is 0. The number of pyridine rings is 3. The molecule has 0 spiro atoms. The summed E-state index contributed by atoms with van der Waals surface area (Å²) in [5.74, 6) is 2.84. The molecule has 4 aromatic heterocycles. The van der Waals surface area contributed by atoms with Crippen LogP contribution in [-0.4, -0.2) is 56.3 Å². The minimum atomic E-state index is -0.413. The van der Waals surface area contributed by atoms with Gasteiger partial charge in [0.2, 0.25) is 0 Å². The molecule has 0 aromatic carbocycles. The van der Waals surface area contributed by atoms with Crippen LogP contribution in [0.3, 0.4) is 0 Å². The zero-order valence-electron chi connectivity index (χ0n) is 18.5. The molecule has 34 heavy (non-hydrogen) atoms. The Labute approximate surface area is 195 Å². The number of β-amino-alcohol motifs (C(OH)–C–C–N with tert-alkyl or cyclic N) is 1. The molecule has 0 aliphatic carbocycles. The number of methoxy groups -OCH3 is 1. The van der Waals surface area contributed by atoms with Gasteiger partial charge in [0, 0.05) is 31.0 Å². The van der Waals surface area contributed by atoms with E-state index < -0.39 is 6.10 Å². The lowest BCUT2D eigenvalue weighted by molar-refractivity contribution is 0.154. The number of piperidine rings is 1. The third kappa shape index (κ3) is 4.29. The monoisotopic (exact) mass is 454 g/mol. The second-order valence-corrected chi connectivity index (χ2v) is 7.95. The summed E-state index contributed by atoms with van der Waals surface area (Å²) in [7, 11) is 1.59. The molecule has 4 aromatic rings. The van der Waals surface area contributed by atoms with Crippen molar-refractivity contribution in [2.45, 2.75) is 18.9 Å². The van der Waals surface area contributed by atoms with Gasteiger partial charge in [-0.25, -0.2) is 19.9 Å². The van der Waals surface area contributed by atoms with Crippen LogP contribution in [0.15, 0.2) is 49.1 Å². The van der Waals surface area contributed by atoms with E-state index in [4.69, 9.17) is 20.0 Å². The number of hydrogen-bond acceptors (Lipinski definition) is 10. The van der Waals surface area contributed by atoms with Crippen LogP contribution in [0.4, 0.5) is 17.5 Å². The summed E-state index contributed by atoms with van der Waals surface area (Å²) < 4.78 is 5.55. The van der Waals surface area contributed by atoms with Crippen molar-refractivity contribution in [3.05, 3.63) is 54.6 Å². The van der Waals surface area contributed by atoms with Crippen LogP contribution in [0.25, 0.3) is 22.3 Å². The van der Waals surface area contributed by atoms with Crippen LogP contribution in [0, 0.1) is 11.3 Å². The van der Waals surface area contributed by atoms with Crippen LogP contribution in [0.5, 0.6) is 5.75 Å². The first-order valence-corrected chi connectivity index (χ1v) is 10.9. The van der Waals surface area contributed by atoms with Crippen LogP contribution in [0.2, 0.25) is 0 Å². The molecule has 5 heterocycles. The summed E-state index contributed by atoms with van der Waals surface area (Å²) in [6.07, 6.45) is 7.78. The number of aliphatic hydroxyl groups is 1. The molecule has 1 atom stereocenters. The Morgan fingerprint density at radius 2 is 1.97 bits per heavy atom. The number of anilines is 3. The van der Waals surface area contributed by atoms with E-state index in [-0.39, 0.29) is 0 Å². The highest BCUT2D eigenvalue weighted by atomic mass is 16.5. The Balaban J connectivity index is 1.57. The lowest BCUT2D eigenvalue weighted by Gasteiger charge is -2.32. The zero-order valence-corrected chi connectivity index (χ0v) is 18.5. The molecule has 10 nitrogen and oxygen atoms in total. The van der Waals surface area contributed by atoms with Gasteiger partial charge in [0.05, 0.1) is 48.1 Å². The number of fused-ring (bicyclic) bond motifs is 1. The van der Waals surface area contributed by atoms with Crippen molar-refractivity contribution in [1.29, 1.82) is 5.26 Å². The highest BCUT2D eigenvalue weighted by molar-refractivity contribution is 5.95. The van der Waals surface area contributed by atoms with Gasteiger partial charge in [0.1, 0.15) is 23.2 Å². The van der Waals surface area contributed by atoms with Gasteiger partial charge >= 0.3 is 0 Å². The summed E-state index contributed by atoms with van der Waals surface area (Å²) in [6.45, 7) is 1.26. The zero-order chi connectivity index (χ0) is 23.5. The molecule has 1 fully saturated rings. The Bertz CT molecular complexity index is 1390. The second kappa shape index (κ2) is 9.25. The van der Waals surface area contributed by atoms with Crippen LogP contribution in [-0.2, 0) is 0 Å². The average molecular weight is 454 g/mol. The molecule has 1 saturated heterocycles. The number of nitriles is 1. The Hall–Kier alpha value is -4.36. The van der Waals surface area contributed by atoms with E-state index in [1.807, 2.05) is 12.1 Å². The van der Waals surface area contributed by atoms with Gasteiger partial charge in [-0.15, -0.1) is 0 Å². The predicted molar refractivity (Wildman–Crippen MR) is 127 cm³/mol. The third-order valence-corrected chi connectivity index (χ3v) is 5.63. The number of rotatable bonds is 5. The van der Waals surface area contributed by atoms with Crippen molar-refractivity contribution >= 4 is 28.4 Å². The maximum Gasteiger partial charge on any atom is 0.162 e. The standard InChI is InChI=1S/C24H22N8O2/c1-34-19-13-26-12-18-22(19)24(32-8-2-3-17(33)14-32)31-23(29-18)16-5-7-28-21(10-16)30-20-9-15(11-25)4-6-27-20/h4-7,9-10,12-13,17,33H,2-3,8,14H2,1H3,(H,27,28,30)/t17-/m0/s1. The average Bonchev–Trinajstić information content (AvgIpc) is 2.88. The third-order valence-electron chi connectivity index (χ3n) is 5.63. The van der Waals surface area contributed by atoms with E-state index in [9.17, 15) is 5.11 Å². The fourth-order valence-corrected chi connectivity index (χ4v) is 4.03. The van der Waals surface area contributed by atoms with Gasteiger partial charge in [-0.2, -0.15) is 5.26 Å². The fraction of sp³-hybridized carbons (Fsp3) is 0.250. The van der Waals surface area contributed by atoms with E-state index in [0.29, 0.717) is 46.7 Å². The van der Waals surface area contributed by atoms with Gasteiger partial charge in [-0.05, 0) is 37.1 Å². The summed E-state index contributed by atoms with van der Waals surface area (Å²) in [6, 6.07) is 9.04. The van der Waals surface area contributed by atoms with E-state index in [2.05, 4.69) is 31.2 Å². The summed E-state index contributed by atoms with van der Waals surface area (Å²) in [4.78, 5) is 24.6. The van der Waals surface area contributed by atoms with Gasteiger partial charge in [0.15, 0.2) is 5.82 Å². The van der Waals surface area contributed by atoms with E-state index in [0.717, 1.165) is 30.3 Å². The molecule has 2 N–H and O–H groups in total. The van der Waals surface area contributed by atoms with Gasteiger partial charge in [-0.1, -0.05) is 0 Å². The number of aliphatic hydroxyl groups excluding tert-OH is 1.